The van der Waals surface area contributed by atoms with Crippen molar-refractivity contribution >= 4 is 54.1 Å². The fourth-order valence-electron chi connectivity index (χ4n) is 6.67. The smallest absolute Gasteiger partial charge is 0.234 e. The Morgan fingerprint density at radius 3 is 1.26 bits per heavy atom. The van der Waals surface area contributed by atoms with Gasteiger partial charge in [0.2, 0.25) is 5.95 Å². The van der Waals surface area contributed by atoms with Gasteiger partial charge in [0, 0.05) is 28.7 Å². The maximum absolute atomic E-state index is 4.82. The second kappa shape index (κ2) is 9.37. The molecule has 9 rings (SSSR count). The van der Waals surface area contributed by atoms with Gasteiger partial charge in [0.25, 0.3) is 0 Å². The summed E-state index contributed by atoms with van der Waals surface area (Å²) >= 11 is 0. The van der Waals surface area contributed by atoms with Crippen LogP contribution in [-0.4, -0.2) is 14.5 Å². The van der Waals surface area contributed by atoms with E-state index in [1.807, 2.05) is 12.4 Å². The zero-order valence-corrected chi connectivity index (χ0v) is 23.3. The molecule has 43 heavy (non-hydrogen) atoms. The van der Waals surface area contributed by atoms with Crippen LogP contribution < -0.4 is 0 Å². The molecule has 200 valence electrons. The van der Waals surface area contributed by atoms with Gasteiger partial charge >= 0.3 is 0 Å². The van der Waals surface area contributed by atoms with Crippen molar-refractivity contribution in [1.82, 2.24) is 14.5 Å². The van der Waals surface area contributed by atoms with E-state index in [4.69, 9.17) is 9.97 Å². The van der Waals surface area contributed by atoms with Crippen LogP contribution in [0.4, 0.5) is 0 Å². The Morgan fingerprint density at radius 1 is 0.326 bits per heavy atom. The molecule has 9 aromatic rings. The van der Waals surface area contributed by atoms with E-state index < -0.39 is 0 Å². The van der Waals surface area contributed by atoms with Crippen LogP contribution in [0.5, 0.6) is 0 Å². The van der Waals surface area contributed by atoms with Gasteiger partial charge in [-0.2, -0.15) is 0 Å². The van der Waals surface area contributed by atoms with Crippen LogP contribution in [0, 0.1) is 0 Å². The van der Waals surface area contributed by atoms with E-state index in [-0.39, 0.29) is 0 Å². The summed E-state index contributed by atoms with van der Waals surface area (Å²) in [4.78, 5) is 9.64. The Bertz CT molecular complexity index is 2400. The van der Waals surface area contributed by atoms with Crippen molar-refractivity contribution in [3.8, 4) is 28.2 Å². The minimum absolute atomic E-state index is 0.675. The molecule has 0 saturated carbocycles. The fourth-order valence-corrected chi connectivity index (χ4v) is 6.67. The summed E-state index contributed by atoms with van der Waals surface area (Å²) in [7, 11) is 0. The molecule has 0 unspecified atom stereocenters. The molecule has 2 aromatic heterocycles. The Labute approximate surface area is 248 Å². The molecule has 0 atom stereocenters. The second-order valence-corrected chi connectivity index (χ2v) is 11.1. The van der Waals surface area contributed by atoms with Crippen LogP contribution in [0.3, 0.4) is 0 Å². The van der Waals surface area contributed by atoms with Crippen molar-refractivity contribution in [2.24, 2.45) is 0 Å². The maximum atomic E-state index is 4.82. The second-order valence-electron chi connectivity index (χ2n) is 11.1. The number of fused-ring (bicyclic) bond motifs is 9. The SMILES string of the molecule is c1ccc2c(c1)c1ccccc1c1cc(-c3ccc(-c4cnc(-n5c6ccccc6c6ccccc65)nc4)cc3)ccc21. The van der Waals surface area contributed by atoms with Gasteiger partial charge in [-0.05, 0) is 67.2 Å². The Morgan fingerprint density at radius 2 is 0.721 bits per heavy atom. The minimum Gasteiger partial charge on any atom is -0.278 e. The summed E-state index contributed by atoms with van der Waals surface area (Å²) in [5, 5.41) is 10.2. The first-order valence-corrected chi connectivity index (χ1v) is 14.6. The molecule has 0 spiro atoms. The molecule has 0 radical (unpaired) electrons. The van der Waals surface area contributed by atoms with Gasteiger partial charge in [-0.1, -0.05) is 121 Å². The lowest BCUT2D eigenvalue weighted by Gasteiger charge is -2.12. The topological polar surface area (TPSA) is 30.7 Å². The zero-order chi connectivity index (χ0) is 28.3. The third kappa shape index (κ3) is 3.68. The van der Waals surface area contributed by atoms with Crippen molar-refractivity contribution in [3.63, 3.8) is 0 Å². The number of benzene rings is 7. The van der Waals surface area contributed by atoms with Crippen LogP contribution in [0.25, 0.3) is 82.3 Å². The van der Waals surface area contributed by atoms with Crippen LogP contribution in [0.15, 0.2) is 152 Å². The largest absolute Gasteiger partial charge is 0.278 e. The number of aromatic nitrogens is 3. The van der Waals surface area contributed by atoms with Gasteiger partial charge in [-0.3, -0.25) is 4.57 Å². The van der Waals surface area contributed by atoms with Gasteiger partial charge < -0.3 is 0 Å². The summed E-state index contributed by atoms with van der Waals surface area (Å²) < 4.78 is 2.14. The summed E-state index contributed by atoms with van der Waals surface area (Å²) in [5.41, 5.74) is 6.69. The zero-order valence-electron chi connectivity index (χ0n) is 23.3. The van der Waals surface area contributed by atoms with E-state index in [0.717, 1.165) is 22.2 Å². The molecule has 0 aliphatic heterocycles. The lowest BCUT2D eigenvalue weighted by atomic mass is 9.92. The van der Waals surface area contributed by atoms with E-state index in [1.54, 1.807) is 0 Å². The highest BCUT2D eigenvalue weighted by Gasteiger charge is 2.14. The summed E-state index contributed by atoms with van der Waals surface area (Å²) in [5.74, 6) is 0.675. The first-order chi connectivity index (χ1) is 21.3. The standard InChI is InChI=1S/C40H25N3/c1-2-11-32-30(9-1)31-10-3-4-12-33(31)37-23-28(21-22-34(32)37)26-17-19-27(20-18-26)29-24-41-40(42-25-29)43-38-15-7-5-13-35(38)36-14-6-8-16-39(36)43/h1-25H. The number of nitrogens with zero attached hydrogens (tertiary/aromatic N) is 3. The van der Waals surface area contributed by atoms with Crippen molar-refractivity contribution < 1.29 is 0 Å². The number of para-hydroxylation sites is 2. The number of rotatable bonds is 3. The van der Waals surface area contributed by atoms with Crippen LogP contribution in [0.2, 0.25) is 0 Å². The predicted octanol–water partition coefficient (Wildman–Crippen LogP) is 10.4. The van der Waals surface area contributed by atoms with Crippen molar-refractivity contribution in [3.05, 3.63) is 152 Å². The van der Waals surface area contributed by atoms with Crippen molar-refractivity contribution in [1.29, 1.82) is 0 Å². The first-order valence-electron chi connectivity index (χ1n) is 14.6. The summed E-state index contributed by atoms with van der Waals surface area (Å²) in [6, 6.07) is 49.8. The molecule has 3 nitrogen and oxygen atoms in total. The highest BCUT2D eigenvalue weighted by Crippen LogP contribution is 2.37. The molecule has 3 heteroatoms. The molecule has 0 aliphatic carbocycles. The number of hydrogen-bond donors (Lipinski definition) is 0. The normalized spacial score (nSPS) is 11.7. The third-order valence-corrected chi connectivity index (χ3v) is 8.71. The lowest BCUT2D eigenvalue weighted by molar-refractivity contribution is 0.990. The average Bonchev–Trinajstić information content (AvgIpc) is 3.43. The Balaban J connectivity index is 1.09. The molecule has 0 fully saturated rings. The molecular formula is C40H25N3. The molecule has 0 saturated heterocycles. The highest BCUT2D eigenvalue weighted by atomic mass is 15.1. The molecule has 0 bridgehead atoms. The van der Waals surface area contributed by atoms with Gasteiger partial charge in [0.05, 0.1) is 11.0 Å². The van der Waals surface area contributed by atoms with E-state index >= 15 is 0 Å². The summed E-state index contributed by atoms with van der Waals surface area (Å²) in [6.45, 7) is 0. The van der Waals surface area contributed by atoms with Gasteiger partial charge in [-0.15, -0.1) is 0 Å². The molecule has 2 heterocycles. The third-order valence-electron chi connectivity index (χ3n) is 8.71. The van der Waals surface area contributed by atoms with Crippen LogP contribution >= 0.6 is 0 Å². The van der Waals surface area contributed by atoms with Gasteiger partial charge in [0.1, 0.15) is 0 Å². The molecule has 0 aliphatic rings. The molecular weight excluding hydrogens is 522 g/mol. The van der Waals surface area contributed by atoms with Crippen LogP contribution in [-0.2, 0) is 0 Å². The molecule has 0 N–H and O–H groups in total. The molecule has 7 aromatic carbocycles. The number of hydrogen-bond acceptors (Lipinski definition) is 2. The quantitative estimate of drug-likeness (QED) is 0.206. The van der Waals surface area contributed by atoms with E-state index in [2.05, 4.69) is 144 Å². The average molecular weight is 548 g/mol. The van der Waals surface area contributed by atoms with Gasteiger partial charge in [-0.25, -0.2) is 9.97 Å². The van der Waals surface area contributed by atoms with Crippen LogP contribution in [0.1, 0.15) is 0 Å². The summed E-state index contributed by atoms with van der Waals surface area (Å²) in [6.07, 6.45) is 3.85. The van der Waals surface area contributed by atoms with E-state index in [0.29, 0.717) is 5.95 Å². The Hall–Kier alpha value is -5.80. The minimum atomic E-state index is 0.675. The van der Waals surface area contributed by atoms with Crippen molar-refractivity contribution in [2.45, 2.75) is 0 Å². The van der Waals surface area contributed by atoms with Gasteiger partial charge in [0.15, 0.2) is 0 Å². The van der Waals surface area contributed by atoms with E-state index in [9.17, 15) is 0 Å². The van der Waals surface area contributed by atoms with Crippen molar-refractivity contribution in [2.75, 3.05) is 0 Å². The lowest BCUT2D eigenvalue weighted by Crippen LogP contribution is -2.00. The Kier molecular flexibility index (Phi) is 5.20. The highest BCUT2D eigenvalue weighted by molar-refractivity contribution is 6.25. The van der Waals surface area contributed by atoms with E-state index in [1.165, 1.54) is 54.2 Å². The predicted molar refractivity (Wildman–Crippen MR) is 180 cm³/mol. The monoisotopic (exact) mass is 547 g/mol. The first kappa shape index (κ1) is 23.9. The maximum Gasteiger partial charge on any atom is 0.234 e. The molecule has 0 amide bonds. The fraction of sp³-hybridized carbons (Fsp3) is 0.